The molecule has 0 aliphatic carbocycles. The van der Waals surface area contributed by atoms with Crippen molar-refractivity contribution in [2.45, 2.75) is 77.6 Å². The summed E-state index contributed by atoms with van der Waals surface area (Å²) >= 11 is 0. The Morgan fingerprint density at radius 2 is 1.19 bits per heavy atom. The molecule has 0 heterocycles. The molecule has 0 bridgehead atoms. The van der Waals surface area contributed by atoms with Crippen LogP contribution in [0.1, 0.15) is 55.4 Å². The van der Waals surface area contributed by atoms with Gasteiger partial charge in [0.05, 0.1) is 13.7 Å². The van der Waals surface area contributed by atoms with E-state index in [2.05, 4.69) is 47.2 Å². The van der Waals surface area contributed by atoms with E-state index in [1.807, 2.05) is 19.9 Å². The van der Waals surface area contributed by atoms with Crippen molar-refractivity contribution in [1.29, 1.82) is 0 Å². The maximum Gasteiger partial charge on any atom is 0.0851 e. The van der Waals surface area contributed by atoms with Gasteiger partial charge in [0, 0.05) is 0 Å². The Labute approximate surface area is 103 Å². The molecule has 0 amide bonds. The summed E-state index contributed by atoms with van der Waals surface area (Å²) in [4.78, 5) is 0. The van der Waals surface area contributed by atoms with E-state index in [1.54, 1.807) is 0 Å². The Balaban J connectivity index is 5.30. The van der Waals surface area contributed by atoms with Gasteiger partial charge in [-0.05, 0) is 30.5 Å². The molecule has 96 valence electrons. The molecule has 0 saturated heterocycles. The van der Waals surface area contributed by atoms with Crippen molar-refractivity contribution < 1.29 is 5.11 Å². The van der Waals surface area contributed by atoms with Gasteiger partial charge in [0.1, 0.15) is 0 Å². The lowest BCUT2D eigenvalue weighted by Crippen LogP contribution is -2.43. The predicted octanol–water partition coefficient (Wildman–Crippen LogP) is 4.53. The first-order valence-electron chi connectivity index (χ1n) is 6.46. The van der Waals surface area contributed by atoms with Crippen LogP contribution in [-0.4, -0.2) is 18.8 Å². The largest absolute Gasteiger partial charge is 0.386 e. The highest BCUT2D eigenvalue weighted by Gasteiger charge is 2.40. The number of hydrogen-bond acceptors (Lipinski definition) is 1. The normalized spacial score (nSPS) is 14.8. The van der Waals surface area contributed by atoms with Gasteiger partial charge in [0.25, 0.3) is 0 Å². The average Bonchev–Trinajstić information content (AvgIpc) is 2.00. The first-order chi connectivity index (χ1) is 7.04. The van der Waals surface area contributed by atoms with Gasteiger partial charge in [-0.3, -0.25) is 0 Å². The molecule has 1 nitrogen and oxygen atoms in total. The Morgan fingerprint density at radius 1 is 0.875 bits per heavy atom. The third-order valence-corrected chi connectivity index (χ3v) is 10.5. The van der Waals surface area contributed by atoms with Crippen LogP contribution in [0.3, 0.4) is 0 Å². The molecule has 0 saturated carbocycles. The van der Waals surface area contributed by atoms with Crippen molar-refractivity contribution in [2.75, 3.05) is 0 Å². The van der Waals surface area contributed by atoms with Crippen molar-refractivity contribution in [2.24, 2.45) is 0 Å². The zero-order valence-electron chi connectivity index (χ0n) is 12.3. The van der Waals surface area contributed by atoms with Gasteiger partial charge in [-0.1, -0.05) is 53.3 Å². The molecule has 0 aliphatic rings. The van der Waals surface area contributed by atoms with Gasteiger partial charge in [-0.15, -0.1) is 0 Å². The minimum atomic E-state index is -1.48. The molecule has 0 aliphatic heterocycles. The summed E-state index contributed by atoms with van der Waals surface area (Å²) < 4.78 is 0. The van der Waals surface area contributed by atoms with Gasteiger partial charge >= 0.3 is 0 Å². The summed E-state index contributed by atoms with van der Waals surface area (Å²) in [5.41, 5.74) is 3.84. The molecule has 0 rings (SSSR count). The molecule has 0 radical (unpaired) electrons. The van der Waals surface area contributed by atoms with Gasteiger partial charge in [0.15, 0.2) is 0 Å². The summed E-state index contributed by atoms with van der Waals surface area (Å²) in [7, 11) is -1.48. The summed E-state index contributed by atoms with van der Waals surface area (Å²) in [6.07, 6.45) is 2.01. The number of aliphatic hydroxyl groups is 1. The lowest BCUT2D eigenvalue weighted by Gasteiger charge is -2.41. The van der Waals surface area contributed by atoms with Crippen molar-refractivity contribution in [1.82, 2.24) is 0 Å². The van der Waals surface area contributed by atoms with Gasteiger partial charge < -0.3 is 5.11 Å². The molecule has 0 fully saturated rings. The van der Waals surface area contributed by atoms with Crippen LogP contribution in [0.4, 0.5) is 0 Å². The fourth-order valence-corrected chi connectivity index (χ4v) is 8.78. The number of rotatable bonds is 5. The molecule has 2 heteroatoms. The molecule has 0 aromatic rings. The van der Waals surface area contributed by atoms with Crippen LogP contribution < -0.4 is 0 Å². The molecule has 0 aromatic heterocycles. The van der Waals surface area contributed by atoms with Crippen LogP contribution in [0.2, 0.25) is 16.6 Å². The summed E-state index contributed by atoms with van der Waals surface area (Å²) in [5, 5.41) is 9.86. The Hall–Kier alpha value is -0.0831. The van der Waals surface area contributed by atoms with Crippen molar-refractivity contribution in [3.8, 4) is 0 Å². The van der Waals surface area contributed by atoms with E-state index in [4.69, 9.17) is 0 Å². The molecular formula is C14H30OSi. The fraction of sp³-hybridized carbons (Fsp3) is 0.857. The SMILES string of the molecule is CC(C)[Si](/C=C/C(C)(C)O)(C(C)C)C(C)C. The van der Waals surface area contributed by atoms with Crippen molar-refractivity contribution in [3.05, 3.63) is 11.8 Å². The molecular weight excluding hydrogens is 212 g/mol. The predicted molar refractivity (Wildman–Crippen MR) is 76.5 cm³/mol. The third-order valence-electron chi connectivity index (χ3n) is 3.78. The molecule has 0 atom stereocenters. The summed E-state index contributed by atoms with van der Waals surface area (Å²) in [6.45, 7) is 17.7. The van der Waals surface area contributed by atoms with Crippen LogP contribution in [0.15, 0.2) is 11.8 Å². The average molecular weight is 242 g/mol. The zero-order chi connectivity index (χ0) is 13.1. The smallest absolute Gasteiger partial charge is 0.0851 e. The van der Waals surface area contributed by atoms with Crippen LogP contribution in [0, 0.1) is 0 Å². The van der Waals surface area contributed by atoms with Gasteiger partial charge in [0.2, 0.25) is 0 Å². The van der Waals surface area contributed by atoms with E-state index in [0.29, 0.717) is 16.6 Å². The highest BCUT2D eigenvalue weighted by atomic mass is 28.3. The second-order valence-electron chi connectivity index (χ2n) is 6.45. The molecule has 1 N–H and O–H groups in total. The standard InChI is InChI=1S/C14H30OSi/c1-11(2)16(12(3)4,13(5)6)10-9-14(7,8)15/h9-13,15H,1-8H3/b10-9+. The number of hydrogen-bond donors (Lipinski definition) is 1. The van der Waals surface area contributed by atoms with Crippen LogP contribution in [0.5, 0.6) is 0 Å². The summed E-state index contributed by atoms with van der Waals surface area (Å²) in [5.74, 6) is 0. The zero-order valence-corrected chi connectivity index (χ0v) is 13.3. The van der Waals surface area contributed by atoms with Crippen molar-refractivity contribution >= 4 is 8.07 Å². The maximum absolute atomic E-state index is 9.86. The van der Waals surface area contributed by atoms with Gasteiger partial charge in [-0.2, -0.15) is 0 Å². The molecule has 0 aromatic carbocycles. The first-order valence-corrected chi connectivity index (χ1v) is 8.77. The highest BCUT2D eigenvalue weighted by molar-refractivity contribution is 6.87. The van der Waals surface area contributed by atoms with E-state index in [9.17, 15) is 5.11 Å². The van der Waals surface area contributed by atoms with Crippen LogP contribution in [0.25, 0.3) is 0 Å². The van der Waals surface area contributed by atoms with E-state index < -0.39 is 13.7 Å². The second kappa shape index (κ2) is 5.50. The molecule has 0 unspecified atom stereocenters. The van der Waals surface area contributed by atoms with E-state index in [1.165, 1.54) is 0 Å². The monoisotopic (exact) mass is 242 g/mol. The van der Waals surface area contributed by atoms with E-state index in [-0.39, 0.29) is 0 Å². The van der Waals surface area contributed by atoms with E-state index in [0.717, 1.165) is 0 Å². The van der Waals surface area contributed by atoms with E-state index >= 15 is 0 Å². The highest BCUT2D eigenvalue weighted by Crippen LogP contribution is 2.42. The Kier molecular flexibility index (Phi) is 5.47. The quantitative estimate of drug-likeness (QED) is 0.702. The topological polar surface area (TPSA) is 20.2 Å². The molecule has 0 spiro atoms. The van der Waals surface area contributed by atoms with Gasteiger partial charge in [-0.25, -0.2) is 0 Å². The Bertz CT molecular complexity index is 212. The Morgan fingerprint density at radius 3 is 1.38 bits per heavy atom. The van der Waals surface area contributed by atoms with Crippen LogP contribution >= 0.6 is 0 Å². The maximum atomic E-state index is 9.86. The summed E-state index contributed by atoms with van der Waals surface area (Å²) in [6, 6.07) is 0. The lowest BCUT2D eigenvalue weighted by atomic mass is 10.1. The minimum absolute atomic E-state index is 0.684. The first kappa shape index (κ1) is 15.9. The minimum Gasteiger partial charge on any atom is -0.386 e. The molecule has 16 heavy (non-hydrogen) atoms. The third kappa shape index (κ3) is 3.74. The fourth-order valence-electron chi connectivity index (χ4n) is 2.93. The van der Waals surface area contributed by atoms with Crippen LogP contribution in [-0.2, 0) is 0 Å². The van der Waals surface area contributed by atoms with Crippen molar-refractivity contribution in [3.63, 3.8) is 0 Å². The second-order valence-corrected chi connectivity index (χ2v) is 12.2. The lowest BCUT2D eigenvalue weighted by molar-refractivity contribution is 0.133.